The van der Waals surface area contributed by atoms with Crippen molar-refractivity contribution in [3.8, 4) is 0 Å². The fourth-order valence-electron chi connectivity index (χ4n) is 3.26. The van der Waals surface area contributed by atoms with Crippen LogP contribution in [-0.2, 0) is 6.54 Å². The number of aryl methyl sites for hydroxylation is 2. The highest BCUT2D eigenvalue weighted by Gasteiger charge is 2.41. The fourth-order valence-corrected chi connectivity index (χ4v) is 4.23. The van der Waals surface area contributed by atoms with Crippen LogP contribution in [-0.4, -0.2) is 34.2 Å². The van der Waals surface area contributed by atoms with Gasteiger partial charge in [-0.1, -0.05) is 0 Å². The average molecular weight is 252 g/mol. The topological polar surface area (TPSA) is 36.4 Å². The lowest BCUT2D eigenvalue weighted by atomic mass is 10.00. The maximum absolute atomic E-state index is 9.89. The zero-order valence-corrected chi connectivity index (χ0v) is 11.3. The molecule has 0 amide bonds. The molecule has 1 saturated carbocycles. The summed E-state index contributed by atoms with van der Waals surface area (Å²) < 4.78 is 0. The molecule has 1 aromatic rings. The Labute approximate surface area is 106 Å². The van der Waals surface area contributed by atoms with Gasteiger partial charge in [-0.25, -0.2) is 4.98 Å². The molecule has 0 bridgehead atoms. The van der Waals surface area contributed by atoms with Crippen LogP contribution in [0.5, 0.6) is 0 Å². The van der Waals surface area contributed by atoms with E-state index in [1.54, 1.807) is 0 Å². The van der Waals surface area contributed by atoms with Crippen molar-refractivity contribution < 1.29 is 5.11 Å². The van der Waals surface area contributed by atoms with E-state index in [4.69, 9.17) is 0 Å². The Bertz CT molecular complexity index is 398. The third kappa shape index (κ3) is 2.14. The minimum atomic E-state index is -0.0511. The Balaban J connectivity index is 1.64. The van der Waals surface area contributed by atoms with E-state index in [2.05, 4.69) is 23.7 Å². The predicted molar refractivity (Wildman–Crippen MR) is 69.1 cm³/mol. The molecule has 1 aliphatic carbocycles. The lowest BCUT2D eigenvalue weighted by molar-refractivity contribution is 0.123. The lowest BCUT2D eigenvalue weighted by Crippen LogP contribution is -2.24. The predicted octanol–water partition coefficient (Wildman–Crippen LogP) is 1.96. The Hall–Kier alpha value is -0.450. The summed E-state index contributed by atoms with van der Waals surface area (Å²) in [6.45, 7) is 7.40. The summed E-state index contributed by atoms with van der Waals surface area (Å²) in [6, 6.07) is 0. The number of hydrogen-bond acceptors (Lipinski definition) is 4. The Kier molecular flexibility index (Phi) is 2.97. The van der Waals surface area contributed by atoms with Crippen LogP contribution < -0.4 is 0 Å². The van der Waals surface area contributed by atoms with Crippen molar-refractivity contribution in [2.75, 3.05) is 13.1 Å². The van der Waals surface area contributed by atoms with Gasteiger partial charge in [0.2, 0.25) is 0 Å². The van der Waals surface area contributed by atoms with E-state index in [1.807, 2.05) is 11.3 Å². The average Bonchev–Trinajstić information content (AvgIpc) is 2.89. The molecule has 0 radical (unpaired) electrons. The Morgan fingerprint density at radius 2 is 2.18 bits per heavy atom. The zero-order chi connectivity index (χ0) is 12.0. The van der Waals surface area contributed by atoms with Gasteiger partial charge in [0.25, 0.3) is 0 Å². The van der Waals surface area contributed by atoms with Crippen molar-refractivity contribution in [3.63, 3.8) is 0 Å². The van der Waals surface area contributed by atoms with Gasteiger partial charge < -0.3 is 5.11 Å². The molecular formula is C13H20N2OS. The molecule has 0 aromatic carbocycles. The van der Waals surface area contributed by atoms with Gasteiger partial charge in [0, 0.05) is 23.9 Å². The second-order valence-electron chi connectivity index (χ2n) is 5.51. The first kappa shape index (κ1) is 11.6. The highest BCUT2D eigenvalue weighted by molar-refractivity contribution is 7.11. The second-order valence-corrected chi connectivity index (χ2v) is 6.80. The second kappa shape index (κ2) is 4.34. The number of aromatic nitrogens is 1. The molecule has 2 heterocycles. The third-order valence-corrected chi connectivity index (χ3v) is 5.38. The maximum atomic E-state index is 9.89. The van der Waals surface area contributed by atoms with Gasteiger partial charge in [-0.2, -0.15) is 0 Å². The SMILES string of the molecule is Cc1nc(CN2CC3CCC(O)C3C2)sc1C. The van der Waals surface area contributed by atoms with Crippen molar-refractivity contribution in [1.82, 2.24) is 9.88 Å². The number of nitrogens with zero attached hydrogens (tertiary/aromatic N) is 2. The maximum Gasteiger partial charge on any atom is 0.107 e. The van der Waals surface area contributed by atoms with Crippen molar-refractivity contribution >= 4 is 11.3 Å². The first-order chi connectivity index (χ1) is 8.13. The highest BCUT2D eigenvalue weighted by atomic mass is 32.1. The zero-order valence-electron chi connectivity index (χ0n) is 10.5. The van der Waals surface area contributed by atoms with Gasteiger partial charge >= 0.3 is 0 Å². The molecule has 94 valence electrons. The minimum Gasteiger partial charge on any atom is -0.393 e. The van der Waals surface area contributed by atoms with Crippen LogP contribution in [0.15, 0.2) is 0 Å². The van der Waals surface area contributed by atoms with E-state index < -0.39 is 0 Å². The third-order valence-electron chi connectivity index (χ3n) is 4.33. The van der Waals surface area contributed by atoms with Crippen LogP contribution in [0.4, 0.5) is 0 Å². The molecule has 1 aromatic heterocycles. The summed E-state index contributed by atoms with van der Waals surface area (Å²) in [5.74, 6) is 1.25. The smallest absolute Gasteiger partial charge is 0.107 e. The molecule has 1 aliphatic heterocycles. The summed E-state index contributed by atoms with van der Waals surface area (Å²) in [5, 5.41) is 11.1. The Morgan fingerprint density at radius 1 is 1.35 bits per heavy atom. The summed E-state index contributed by atoms with van der Waals surface area (Å²) in [4.78, 5) is 8.40. The van der Waals surface area contributed by atoms with Gasteiger partial charge in [-0.05, 0) is 32.6 Å². The first-order valence-corrected chi connectivity index (χ1v) is 7.28. The van der Waals surface area contributed by atoms with E-state index in [0.29, 0.717) is 5.92 Å². The van der Waals surface area contributed by atoms with Crippen LogP contribution >= 0.6 is 11.3 Å². The van der Waals surface area contributed by atoms with E-state index in [9.17, 15) is 5.11 Å². The van der Waals surface area contributed by atoms with Crippen molar-refractivity contribution in [2.24, 2.45) is 11.8 Å². The molecule has 0 spiro atoms. The molecule has 17 heavy (non-hydrogen) atoms. The van der Waals surface area contributed by atoms with Crippen LogP contribution in [0.1, 0.15) is 28.4 Å². The van der Waals surface area contributed by atoms with Gasteiger partial charge in [0.15, 0.2) is 0 Å². The molecule has 1 N–H and O–H groups in total. The number of rotatable bonds is 2. The lowest BCUT2D eigenvalue weighted by Gasteiger charge is -2.16. The quantitative estimate of drug-likeness (QED) is 0.874. The molecule has 2 fully saturated rings. The number of aliphatic hydroxyl groups excluding tert-OH is 1. The van der Waals surface area contributed by atoms with Gasteiger partial charge in [-0.15, -0.1) is 11.3 Å². The van der Waals surface area contributed by atoms with E-state index >= 15 is 0 Å². The summed E-state index contributed by atoms with van der Waals surface area (Å²) in [5.41, 5.74) is 1.17. The molecule has 3 atom stereocenters. The largest absolute Gasteiger partial charge is 0.393 e. The van der Waals surface area contributed by atoms with E-state index in [1.165, 1.54) is 22.0 Å². The van der Waals surface area contributed by atoms with Crippen molar-refractivity contribution in [1.29, 1.82) is 0 Å². The molecule has 4 heteroatoms. The molecular weight excluding hydrogens is 232 g/mol. The minimum absolute atomic E-state index is 0.0511. The number of hydrogen-bond donors (Lipinski definition) is 1. The first-order valence-electron chi connectivity index (χ1n) is 6.47. The van der Waals surface area contributed by atoms with Crippen LogP contribution in [0.25, 0.3) is 0 Å². The Morgan fingerprint density at radius 3 is 2.82 bits per heavy atom. The molecule has 3 rings (SSSR count). The van der Waals surface area contributed by atoms with Gasteiger partial charge in [-0.3, -0.25) is 4.90 Å². The van der Waals surface area contributed by atoms with Gasteiger partial charge in [0.1, 0.15) is 5.01 Å². The number of fused-ring (bicyclic) bond motifs is 1. The standard InChI is InChI=1S/C13H20N2OS/c1-8-9(2)17-13(14-8)7-15-5-10-3-4-12(16)11(10)6-15/h10-12,16H,3-7H2,1-2H3. The van der Waals surface area contributed by atoms with E-state index in [0.717, 1.165) is 32.0 Å². The van der Waals surface area contributed by atoms with Crippen LogP contribution in [0.3, 0.4) is 0 Å². The monoisotopic (exact) mass is 252 g/mol. The molecule has 3 nitrogen and oxygen atoms in total. The molecule has 2 aliphatic rings. The van der Waals surface area contributed by atoms with Crippen molar-refractivity contribution in [2.45, 2.75) is 39.3 Å². The van der Waals surface area contributed by atoms with Crippen LogP contribution in [0, 0.1) is 25.7 Å². The fraction of sp³-hybridized carbons (Fsp3) is 0.769. The summed E-state index contributed by atoms with van der Waals surface area (Å²) in [7, 11) is 0. The number of likely N-dealkylation sites (tertiary alicyclic amines) is 1. The molecule has 1 saturated heterocycles. The summed E-state index contributed by atoms with van der Waals surface area (Å²) >= 11 is 1.81. The summed E-state index contributed by atoms with van der Waals surface area (Å²) in [6.07, 6.45) is 2.17. The molecule has 3 unspecified atom stereocenters. The number of aliphatic hydroxyl groups is 1. The van der Waals surface area contributed by atoms with E-state index in [-0.39, 0.29) is 6.10 Å². The normalized spacial score (nSPS) is 33.2. The van der Waals surface area contributed by atoms with Crippen LogP contribution in [0.2, 0.25) is 0 Å². The number of thiazole rings is 1. The highest BCUT2D eigenvalue weighted by Crippen LogP contribution is 2.38. The van der Waals surface area contributed by atoms with Gasteiger partial charge in [0.05, 0.1) is 18.3 Å². The van der Waals surface area contributed by atoms with Crippen molar-refractivity contribution in [3.05, 3.63) is 15.6 Å².